The molecular weight excluding hydrogens is 274 g/mol. The van der Waals surface area contributed by atoms with Crippen LogP contribution in [0.15, 0.2) is 47.6 Å². The molecule has 1 heterocycles. The summed E-state index contributed by atoms with van der Waals surface area (Å²) in [5, 5.41) is 21.2. The van der Waals surface area contributed by atoms with Gasteiger partial charge < -0.3 is 10.3 Å². The summed E-state index contributed by atoms with van der Waals surface area (Å²) in [6.07, 6.45) is 1.52. The maximum Gasteiger partial charge on any atom is 0.303 e. The lowest BCUT2D eigenvalue weighted by Crippen LogP contribution is -2.00. The molecular formula is C15H15NO3S. The zero-order chi connectivity index (χ0) is 14.4. The molecule has 0 aliphatic heterocycles. The first-order valence-corrected chi connectivity index (χ1v) is 7.10. The fraction of sp³-hybridized carbons (Fsp3) is 0.200. The Hall–Kier alpha value is -2.14. The van der Waals surface area contributed by atoms with Crippen LogP contribution in [0.3, 0.4) is 0 Å². The minimum Gasteiger partial charge on any atom is -0.481 e. The van der Waals surface area contributed by atoms with E-state index in [0.29, 0.717) is 12.1 Å². The van der Waals surface area contributed by atoms with E-state index in [1.54, 1.807) is 0 Å². The van der Waals surface area contributed by atoms with Crippen LogP contribution in [0.4, 0.5) is 0 Å². The monoisotopic (exact) mass is 289 g/mol. The number of aliphatic carboxylic acids is 1. The minimum atomic E-state index is -0.774. The number of carbonyl (C=O) groups is 1. The molecule has 104 valence electrons. The third-order valence-corrected chi connectivity index (χ3v) is 4.01. The van der Waals surface area contributed by atoms with Gasteiger partial charge in [0, 0.05) is 16.9 Å². The van der Waals surface area contributed by atoms with Crippen molar-refractivity contribution in [1.82, 2.24) is 0 Å². The summed E-state index contributed by atoms with van der Waals surface area (Å²) in [4.78, 5) is 12.5. The fourth-order valence-electron chi connectivity index (χ4n) is 1.90. The normalized spacial score (nSPS) is 11.5. The molecule has 1 aromatic heterocycles. The first-order valence-electron chi connectivity index (χ1n) is 6.29. The molecule has 4 nitrogen and oxygen atoms in total. The van der Waals surface area contributed by atoms with Gasteiger partial charge in [0.25, 0.3) is 0 Å². The second kappa shape index (κ2) is 6.86. The number of benzene rings is 1. The zero-order valence-corrected chi connectivity index (χ0v) is 11.6. The van der Waals surface area contributed by atoms with Gasteiger partial charge in [0.05, 0.1) is 4.88 Å². The van der Waals surface area contributed by atoms with E-state index in [4.69, 9.17) is 5.11 Å². The summed E-state index contributed by atoms with van der Waals surface area (Å²) in [7, 11) is 0. The van der Waals surface area contributed by atoms with Gasteiger partial charge >= 0.3 is 5.97 Å². The summed E-state index contributed by atoms with van der Waals surface area (Å²) in [6.45, 7) is 0. The first-order chi connectivity index (χ1) is 9.70. The molecule has 0 aliphatic carbocycles. The van der Waals surface area contributed by atoms with Crippen molar-refractivity contribution >= 4 is 23.0 Å². The van der Waals surface area contributed by atoms with Crippen LogP contribution in [0, 0.1) is 0 Å². The molecule has 0 bridgehead atoms. The predicted octanol–water partition coefficient (Wildman–Crippen LogP) is 3.38. The second-order valence-corrected chi connectivity index (χ2v) is 5.50. The number of rotatable bonds is 6. The largest absolute Gasteiger partial charge is 0.481 e. The van der Waals surface area contributed by atoms with Crippen LogP contribution in [0.25, 0.3) is 0 Å². The van der Waals surface area contributed by atoms with Crippen molar-refractivity contribution in [1.29, 1.82) is 0 Å². The van der Waals surface area contributed by atoms with Gasteiger partial charge in [-0.25, -0.2) is 0 Å². The summed E-state index contributed by atoms with van der Waals surface area (Å²) in [6, 6.07) is 13.3. The van der Waals surface area contributed by atoms with Crippen molar-refractivity contribution < 1.29 is 15.1 Å². The third-order valence-electron chi connectivity index (χ3n) is 2.86. The van der Waals surface area contributed by atoms with Crippen LogP contribution in [0.5, 0.6) is 0 Å². The Morgan fingerprint density at radius 2 is 1.90 bits per heavy atom. The molecule has 0 saturated carbocycles. The summed E-state index contributed by atoms with van der Waals surface area (Å²) in [5.74, 6) is -0.774. The van der Waals surface area contributed by atoms with Crippen molar-refractivity contribution in [2.75, 3.05) is 0 Å². The van der Waals surface area contributed by atoms with Crippen LogP contribution in [0.2, 0.25) is 0 Å². The van der Waals surface area contributed by atoms with Crippen molar-refractivity contribution in [2.24, 2.45) is 5.16 Å². The number of oxime groups is 1. The Kier molecular flexibility index (Phi) is 4.90. The molecule has 0 saturated heterocycles. The molecule has 0 amide bonds. The first kappa shape index (κ1) is 14.3. The number of hydrogen-bond acceptors (Lipinski definition) is 4. The maximum atomic E-state index is 10.5. The number of carboxylic acids is 1. The molecule has 0 spiro atoms. The Bertz CT molecular complexity index is 605. The van der Waals surface area contributed by atoms with E-state index < -0.39 is 5.97 Å². The van der Waals surface area contributed by atoms with E-state index >= 15 is 0 Å². The highest BCUT2D eigenvalue weighted by Gasteiger charge is 2.10. The Balaban J connectivity index is 2.09. The topological polar surface area (TPSA) is 69.9 Å². The molecule has 0 atom stereocenters. The number of hydrogen-bond donors (Lipinski definition) is 2. The van der Waals surface area contributed by atoms with Gasteiger partial charge in [0.1, 0.15) is 5.71 Å². The molecule has 2 rings (SSSR count). The maximum absolute atomic E-state index is 10.5. The van der Waals surface area contributed by atoms with Crippen molar-refractivity contribution in [3.05, 3.63) is 57.8 Å². The van der Waals surface area contributed by atoms with E-state index in [1.807, 2.05) is 42.5 Å². The Morgan fingerprint density at radius 1 is 1.15 bits per heavy atom. The molecule has 0 fully saturated rings. The highest BCUT2D eigenvalue weighted by atomic mass is 32.1. The third kappa shape index (κ3) is 3.68. The van der Waals surface area contributed by atoms with E-state index in [2.05, 4.69) is 5.16 Å². The van der Waals surface area contributed by atoms with Gasteiger partial charge in [-0.15, -0.1) is 11.3 Å². The van der Waals surface area contributed by atoms with Crippen LogP contribution in [0.1, 0.15) is 28.2 Å². The van der Waals surface area contributed by atoms with E-state index in [1.165, 1.54) is 11.3 Å². The molecule has 0 radical (unpaired) electrons. The van der Waals surface area contributed by atoms with Crippen LogP contribution >= 0.6 is 11.3 Å². The van der Waals surface area contributed by atoms with E-state index in [0.717, 1.165) is 21.7 Å². The quantitative estimate of drug-likeness (QED) is 0.486. The lowest BCUT2D eigenvalue weighted by molar-refractivity contribution is -0.137. The Morgan fingerprint density at radius 3 is 2.55 bits per heavy atom. The second-order valence-electron chi connectivity index (χ2n) is 4.33. The van der Waals surface area contributed by atoms with Crippen LogP contribution in [-0.2, 0) is 11.2 Å². The van der Waals surface area contributed by atoms with Gasteiger partial charge in [0.2, 0.25) is 0 Å². The van der Waals surface area contributed by atoms with Gasteiger partial charge in [-0.3, -0.25) is 4.79 Å². The fourth-order valence-corrected chi connectivity index (χ4v) is 2.96. The smallest absolute Gasteiger partial charge is 0.303 e. The molecule has 0 unspecified atom stereocenters. The lowest BCUT2D eigenvalue weighted by Gasteiger charge is -2.01. The average Bonchev–Trinajstić information content (AvgIpc) is 2.89. The van der Waals surface area contributed by atoms with E-state index in [9.17, 15) is 10.0 Å². The average molecular weight is 289 g/mol. The molecule has 1 aromatic carbocycles. The highest BCUT2D eigenvalue weighted by Crippen LogP contribution is 2.22. The number of thiophene rings is 1. The highest BCUT2D eigenvalue weighted by molar-refractivity contribution is 7.14. The molecule has 20 heavy (non-hydrogen) atoms. The standard InChI is InChI=1S/C15H15NO3S/c17-14(18)8-4-7-12-9-10-13(20-12)15(16-19)11-5-2-1-3-6-11/h1-3,5-6,9-10,19H,4,7-8H2,(H,17,18). The SMILES string of the molecule is O=C(O)CCCc1ccc(C(=NO)c2ccccc2)s1. The number of carboxylic acid groups (broad SMARTS) is 1. The molecule has 5 heteroatoms. The van der Waals surface area contributed by atoms with Gasteiger partial charge in [-0.05, 0) is 25.0 Å². The summed E-state index contributed by atoms with van der Waals surface area (Å²) < 4.78 is 0. The molecule has 0 aliphatic rings. The van der Waals surface area contributed by atoms with E-state index in [-0.39, 0.29) is 6.42 Å². The zero-order valence-electron chi connectivity index (χ0n) is 10.8. The predicted molar refractivity (Wildman–Crippen MR) is 78.8 cm³/mol. The Labute approximate surface area is 121 Å². The lowest BCUT2D eigenvalue weighted by atomic mass is 10.1. The van der Waals surface area contributed by atoms with Crippen molar-refractivity contribution in [2.45, 2.75) is 19.3 Å². The minimum absolute atomic E-state index is 0.173. The van der Waals surface area contributed by atoms with Crippen molar-refractivity contribution in [3.63, 3.8) is 0 Å². The summed E-state index contributed by atoms with van der Waals surface area (Å²) in [5.41, 5.74) is 1.40. The summed E-state index contributed by atoms with van der Waals surface area (Å²) >= 11 is 1.53. The van der Waals surface area contributed by atoms with Crippen LogP contribution in [-0.4, -0.2) is 22.0 Å². The van der Waals surface area contributed by atoms with Crippen molar-refractivity contribution in [3.8, 4) is 0 Å². The molecule has 2 aromatic rings. The van der Waals surface area contributed by atoms with Gasteiger partial charge in [0.15, 0.2) is 0 Å². The van der Waals surface area contributed by atoms with Gasteiger partial charge in [-0.2, -0.15) is 0 Å². The molecule has 2 N–H and O–H groups in total. The number of nitrogens with zero attached hydrogens (tertiary/aromatic N) is 1. The van der Waals surface area contributed by atoms with Crippen LogP contribution < -0.4 is 0 Å². The number of aryl methyl sites for hydroxylation is 1. The van der Waals surface area contributed by atoms with Gasteiger partial charge in [-0.1, -0.05) is 35.5 Å².